The number of nitrogens with one attached hydrogen (secondary N) is 1. The number of nitrogens with two attached hydrogens (primary N) is 1. The van der Waals surface area contributed by atoms with Gasteiger partial charge in [-0.25, -0.2) is 9.37 Å². The third-order valence-corrected chi connectivity index (χ3v) is 4.95. The van der Waals surface area contributed by atoms with E-state index in [0.717, 1.165) is 23.9 Å². The number of piperidine rings is 1. The van der Waals surface area contributed by atoms with Gasteiger partial charge in [0.1, 0.15) is 11.5 Å². The van der Waals surface area contributed by atoms with Crippen molar-refractivity contribution < 1.29 is 9.18 Å². The Bertz CT molecular complexity index is 928. The molecule has 0 unspecified atom stereocenters. The second-order valence-electron chi connectivity index (χ2n) is 6.44. The topological polar surface area (TPSA) is 75.0 Å². The lowest BCUT2D eigenvalue weighted by molar-refractivity contribution is 0.0714. The van der Waals surface area contributed by atoms with Crippen molar-refractivity contribution in [2.45, 2.75) is 18.8 Å². The lowest BCUT2D eigenvalue weighted by Crippen LogP contribution is -2.38. The van der Waals surface area contributed by atoms with Gasteiger partial charge in [0.05, 0.1) is 5.56 Å². The highest BCUT2D eigenvalue weighted by Crippen LogP contribution is 2.33. The van der Waals surface area contributed by atoms with Crippen LogP contribution in [0.3, 0.4) is 0 Å². The summed E-state index contributed by atoms with van der Waals surface area (Å²) in [4.78, 5) is 22.0. The average Bonchev–Trinajstić information content (AvgIpc) is 3.05. The van der Waals surface area contributed by atoms with Crippen LogP contribution in [0.25, 0.3) is 11.0 Å². The maximum Gasteiger partial charge on any atom is 0.255 e. The Balaban J connectivity index is 1.49. The molecule has 1 aromatic carbocycles. The van der Waals surface area contributed by atoms with E-state index in [1.807, 2.05) is 12.3 Å². The van der Waals surface area contributed by atoms with Crippen molar-refractivity contribution in [3.05, 3.63) is 59.7 Å². The van der Waals surface area contributed by atoms with Crippen LogP contribution in [-0.4, -0.2) is 33.9 Å². The zero-order valence-electron chi connectivity index (χ0n) is 13.7. The molecular formula is C19H19FN4O. The Kier molecular flexibility index (Phi) is 3.87. The van der Waals surface area contributed by atoms with Gasteiger partial charge in [-0.1, -0.05) is 0 Å². The van der Waals surface area contributed by atoms with Crippen molar-refractivity contribution in [1.29, 1.82) is 0 Å². The maximum absolute atomic E-state index is 13.2. The van der Waals surface area contributed by atoms with Crippen molar-refractivity contribution in [2.24, 2.45) is 0 Å². The molecule has 1 fully saturated rings. The smallest absolute Gasteiger partial charge is 0.255 e. The lowest BCUT2D eigenvalue weighted by atomic mass is 9.89. The molecule has 0 aliphatic carbocycles. The van der Waals surface area contributed by atoms with E-state index < -0.39 is 5.82 Å². The first kappa shape index (κ1) is 15.6. The van der Waals surface area contributed by atoms with Crippen LogP contribution in [0.15, 0.2) is 42.7 Å². The Morgan fingerprint density at radius 2 is 2.08 bits per heavy atom. The number of carbonyl (C=O) groups is 1. The number of halogens is 1. The van der Waals surface area contributed by atoms with Crippen molar-refractivity contribution in [3.63, 3.8) is 0 Å². The molecule has 4 rings (SSSR count). The number of likely N-dealkylation sites (tertiary alicyclic amines) is 1. The van der Waals surface area contributed by atoms with Gasteiger partial charge in [-0.3, -0.25) is 4.79 Å². The minimum absolute atomic E-state index is 0.128. The van der Waals surface area contributed by atoms with Crippen molar-refractivity contribution in [3.8, 4) is 0 Å². The normalized spacial score (nSPS) is 15.6. The molecule has 5 nitrogen and oxygen atoms in total. The third-order valence-electron chi connectivity index (χ3n) is 4.95. The molecule has 0 bridgehead atoms. The molecule has 0 atom stereocenters. The number of H-pyrrole nitrogens is 1. The predicted molar refractivity (Wildman–Crippen MR) is 94.8 cm³/mol. The van der Waals surface area contributed by atoms with Crippen molar-refractivity contribution in [2.75, 3.05) is 18.8 Å². The highest BCUT2D eigenvalue weighted by molar-refractivity contribution is 5.99. The third kappa shape index (κ3) is 2.84. The van der Waals surface area contributed by atoms with Crippen LogP contribution in [0, 0.1) is 5.82 Å². The van der Waals surface area contributed by atoms with Gasteiger partial charge in [-0.2, -0.15) is 0 Å². The Morgan fingerprint density at radius 3 is 2.84 bits per heavy atom. The van der Waals surface area contributed by atoms with Gasteiger partial charge in [0.25, 0.3) is 5.91 Å². The molecule has 3 N–H and O–H groups in total. The number of nitrogen functional groups attached to an aromatic ring is 1. The number of pyridine rings is 1. The van der Waals surface area contributed by atoms with E-state index in [2.05, 4.69) is 16.0 Å². The first-order valence-corrected chi connectivity index (χ1v) is 8.40. The van der Waals surface area contributed by atoms with Gasteiger partial charge in [-0.05, 0) is 54.7 Å². The van der Waals surface area contributed by atoms with Gasteiger partial charge in [0.2, 0.25) is 0 Å². The van der Waals surface area contributed by atoms with E-state index in [4.69, 9.17) is 5.73 Å². The minimum Gasteiger partial charge on any atom is -0.398 e. The van der Waals surface area contributed by atoms with E-state index in [0.29, 0.717) is 24.6 Å². The van der Waals surface area contributed by atoms with Crippen molar-refractivity contribution in [1.82, 2.24) is 14.9 Å². The summed E-state index contributed by atoms with van der Waals surface area (Å²) < 4.78 is 13.2. The van der Waals surface area contributed by atoms with Crippen LogP contribution in [0.4, 0.5) is 10.1 Å². The van der Waals surface area contributed by atoms with Crippen LogP contribution in [0.5, 0.6) is 0 Å². The molecule has 6 heteroatoms. The quantitative estimate of drug-likeness (QED) is 0.704. The second kappa shape index (κ2) is 6.20. The molecule has 1 aliphatic heterocycles. The lowest BCUT2D eigenvalue weighted by Gasteiger charge is -2.32. The number of aromatic nitrogens is 2. The molecule has 3 aromatic rings. The number of carbonyl (C=O) groups excluding carboxylic acids is 1. The molecule has 0 spiro atoms. The summed E-state index contributed by atoms with van der Waals surface area (Å²) in [6.07, 6.45) is 5.57. The van der Waals surface area contributed by atoms with E-state index in [-0.39, 0.29) is 11.6 Å². The summed E-state index contributed by atoms with van der Waals surface area (Å²) in [6, 6.07) is 7.94. The fraction of sp³-hybridized carbons (Fsp3) is 0.263. The molecule has 128 valence electrons. The fourth-order valence-electron chi connectivity index (χ4n) is 3.61. The number of hydrogen-bond acceptors (Lipinski definition) is 3. The summed E-state index contributed by atoms with van der Waals surface area (Å²) in [5, 5.41) is 1.15. The summed E-state index contributed by atoms with van der Waals surface area (Å²) in [7, 11) is 0. The Morgan fingerprint density at radius 1 is 1.28 bits per heavy atom. The minimum atomic E-state index is -0.430. The van der Waals surface area contributed by atoms with Crippen LogP contribution in [-0.2, 0) is 0 Å². The van der Waals surface area contributed by atoms with Crippen LogP contribution >= 0.6 is 0 Å². The van der Waals surface area contributed by atoms with Crippen LogP contribution < -0.4 is 5.73 Å². The molecule has 0 radical (unpaired) electrons. The number of aromatic amines is 1. The molecule has 2 aromatic heterocycles. The van der Waals surface area contributed by atoms with E-state index in [1.54, 1.807) is 11.1 Å². The summed E-state index contributed by atoms with van der Waals surface area (Å²) >= 11 is 0. The Hall–Kier alpha value is -2.89. The summed E-state index contributed by atoms with van der Waals surface area (Å²) in [5.74, 6) is -0.162. The number of rotatable bonds is 2. The monoisotopic (exact) mass is 338 g/mol. The van der Waals surface area contributed by atoms with E-state index in [9.17, 15) is 9.18 Å². The second-order valence-corrected chi connectivity index (χ2v) is 6.44. The molecule has 25 heavy (non-hydrogen) atoms. The number of benzene rings is 1. The molecule has 0 saturated carbocycles. The number of fused-ring (bicyclic) bond motifs is 1. The predicted octanol–water partition coefficient (Wildman–Crippen LogP) is 3.30. The van der Waals surface area contributed by atoms with Gasteiger partial charge in [0.15, 0.2) is 0 Å². The molecule has 1 saturated heterocycles. The summed E-state index contributed by atoms with van der Waals surface area (Å²) in [5.41, 5.74) is 8.52. The van der Waals surface area contributed by atoms with E-state index >= 15 is 0 Å². The number of anilines is 1. The SMILES string of the molecule is Nc1cc(F)ccc1C(=O)N1CCC(c2c[nH]c3ncccc23)CC1. The first-order valence-electron chi connectivity index (χ1n) is 8.40. The van der Waals surface area contributed by atoms with E-state index in [1.165, 1.54) is 23.8 Å². The van der Waals surface area contributed by atoms with Crippen LogP contribution in [0.1, 0.15) is 34.7 Å². The highest BCUT2D eigenvalue weighted by Gasteiger charge is 2.27. The number of hydrogen-bond donors (Lipinski definition) is 2. The van der Waals surface area contributed by atoms with Gasteiger partial charge < -0.3 is 15.6 Å². The Labute approximate surface area is 144 Å². The zero-order chi connectivity index (χ0) is 17.4. The summed E-state index contributed by atoms with van der Waals surface area (Å²) in [6.45, 7) is 1.32. The largest absolute Gasteiger partial charge is 0.398 e. The van der Waals surface area contributed by atoms with Crippen molar-refractivity contribution >= 4 is 22.6 Å². The van der Waals surface area contributed by atoms with Gasteiger partial charge in [0, 0.05) is 36.6 Å². The first-order chi connectivity index (χ1) is 12.1. The maximum atomic E-state index is 13.2. The number of amides is 1. The molecule has 1 amide bonds. The molecular weight excluding hydrogens is 319 g/mol. The fourth-order valence-corrected chi connectivity index (χ4v) is 3.61. The standard InChI is InChI=1S/C19H19FN4O/c20-13-3-4-15(17(21)10-13)19(25)24-8-5-12(6-9-24)16-11-23-18-14(16)2-1-7-22-18/h1-4,7,10-12H,5-6,8-9,21H2,(H,22,23). The highest BCUT2D eigenvalue weighted by atomic mass is 19.1. The zero-order valence-corrected chi connectivity index (χ0v) is 13.7. The van der Waals surface area contributed by atoms with Gasteiger partial charge in [-0.15, -0.1) is 0 Å². The number of nitrogens with zero attached hydrogens (tertiary/aromatic N) is 2. The molecule has 3 heterocycles. The molecule has 1 aliphatic rings. The van der Waals surface area contributed by atoms with Crippen LogP contribution in [0.2, 0.25) is 0 Å². The average molecular weight is 338 g/mol. The van der Waals surface area contributed by atoms with Gasteiger partial charge >= 0.3 is 0 Å².